The second kappa shape index (κ2) is 10.0. The number of hydrogen-bond donors (Lipinski definition) is 2. The highest BCUT2D eigenvalue weighted by molar-refractivity contribution is 6.03. The third-order valence-corrected chi connectivity index (χ3v) is 8.71. The number of nitrogens with zero attached hydrogens (tertiary/aromatic N) is 5. The van der Waals surface area contributed by atoms with Gasteiger partial charge >= 0.3 is 0 Å². The fourth-order valence-electron chi connectivity index (χ4n) is 6.73. The summed E-state index contributed by atoms with van der Waals surface area (Å²) in [4.78, 5) is 15.8. The van der Waals surface area contributed by atoms with Crippen molar-refractivity contribution in [3.05, 3.63) is 71.4 Å². The summed E-state index contributed by atoms with van der Waals surface area (Å²) < 4.78 is 5.73. The lowest BCUT2D eigenvalue weighted by atomic mass is 9.87. The molecule has 1 aliphatic carbocycles. The van der Waals surface area contributed by atoms with Gasteiger partial charge in [-0.1, -0.05) is 42.5 Å². The minimum absolute atomic E-state index is 0.596. The number of benzene rings is 2. The van der Waals surface area contributed by atoms with E-state index in [1.165, 1.54) is 42.3 Å². The molecule has 7 rings (SSSR count). The van der Waals surface area contributed by atoms with E-state index in [1.807, 2.05) is 30.5 Å². The zero-order chi connectivity index (χ0) is 26.3. The van der Waals surface area contributed by atoms with Gasteiger partial charge in [0.25, 0.3) is 0 Å². The molecule has 3 N–H and O–H groups in total. The van der Waals surface area contributed by atoms with Crippen molar-refractivity contribution in [2.24, 2.45) is 15.7 Å². The number of aromatic nitrogens is 3. The van der Waals surface area contributed by atoms with Crippen LogP contribution in [-0.2, 0) is 17.6 Å². The van der Waals surface area contributed by atoms with Crippen LogP contribution in [0.1, 0.15) is 36.0 Å². The van der Waals surface area contributed by atoms with Crippen molar-refractivity contribution in [2.45, 2.75) is 50.2 Å². The predicted octanol–water partition coefficient (Wildman–Crippen LogP) is 4.38. The van der Waals surface area contributed by atoms with E-state index in [0.717, 1.165) is 53.8 Å². The largest absolute Gasteiger partial charge is 0.390 e. The molecule has 39 heavy (non-hydrogen) atoms. The number of amidine groups is 1. The molecule has 0 spiro atoms. The molecule has 3 aliphatic rings. The summed E-state index contributed by atoms with van der Waals surface area (Å²) >= 11 is 0. The van der Waals surface area contributed by atoms with Gasteiger partial charge in [-0.2, -0.15) is 5.10 Å². The molecule has 4 heterocycles. The van der Waals surface area contributed by atoms with Gasteiger partial charge in [-0.15, -0.1) is 0 Å². The Labute approximate surface area is 228 Å². The summed E-state index contributed by atoms with van der Waals surface area (Å²) in [7, 11) is 1.71. The van der Waals surface area contributed by atoms with Crippen LogP contribution in [-0.4, -0.2) is 70.6 Å². The number of aromatic amines is 1. The Bertz CT molecular complexity index is 1560. The van der Waals surface area contributed by atoms with Gasteiger partial charge in [0.15, 0.2) is 11.5 Å². The third-order valence-electron chi connectivity index (χ3n) is 8.71. The number of fused-ring (bicyclic) bond motifs is 4. The van der Waals surface area contributed by atoms with Crippen LogP contribution in [0, 0.1) is 0 Å². The van der Waals surface area contributed by atoms with Crippen molar-refractivity contribution >= 4 is 23.2 Å². The minimum atomic E-state index is 0.596. The Kier molecular flexibility index (Phi) is 6.21. The molecular weight excluding hydrogens is 486 g/mol. The Morgan fingerprint density at radius 3 is 2.49 bits per heavy atom. The fraction of sp³-hybridized carbons (Fsp3) is 0.355. The maximum absolute atomic E-state index is 5.73. The molecule has 2 aromatic carbocycles. The molecule has 3 unspecified atom stereocenters. The van der Waals surface area contributed by atoms with Crippen LogP contribution in [0.5, 0.6) is 0 Å². The highest BCUT2D eigenvalue weighted by atomic mass is 16.5. The van der Waals surface area contributed by atoms with Crippen LogP contribution < -0.4 is 5.73 Å². The molecule has 8 heteroatoms. The molecule has 0 radical (unpaired) electrons. The van der Waals surface area contributed by atoms with Gasteiger partial charge in [-0.05, 0) is 54.9 Å². The first-order chi connectivity index (χ1) is 19.2. The van der Waals surface area contributed by atoms with E-state index < -0.39 is 0 Å². The first kappa shape index (κ1) is 24.2. The number of aliphatic imine (C=N–C) groups is 2. The van der Waals surface area contributed by atoms with Gasteiger partial charge in [-0.25, -0.2) is 9.98 Å². The SMILES string of the molecule is CN=C(N=CN)c1ccc(-c2[nH]nc3ncc(-c4ccc5c(c4)CCC(N4C6COCC4C6)CC5)cc23)cc1. The molecule has 2 fully saturated rings. The number of rotatable bonds is 4. The second-order valence-electron chi connectivity index (χ2n) is 10.8. The number of hydrogen-bond acceptors (Lipinski definition) is 5. The summed E-state index contributed by atoms with van der Waals surface area (Å²) in [6, 6.07) is 19.2. The van der Waals surface area contributed by atoms with Crippen LogP contribution in [0.2, 0.25) is 0 Å². The zero-order valence-electron chi connectivity index (χ0n) is 22.2. The molecule has 0 amide bonds. The molecule has 2 bridgehead atoms. The Balaban J connectivity index is 1.15. The normalized spacial score (nSPS) is 23.5. The summed E-state index contributed by atoms with van der Waals surface area (Å²) in [5, 5.41) is 8.66. The number of nitrogens with two attached hydrogens (primary N) is 1. The van der Waals surface area contributed by atoms with Gasteiger partial charge in [0.2, 0.25) is 0 Å². The monoisotopic (exact) mass is 519 g/mol. The van der Waals surface area contributed by atoms with Gasteiger partial charge in [-0.3, -0.25) is 15.0 Å². The van der Waals surface area contributed by atoms with E-state index in [0.29, 0.717) is 29.6 Å². The van der Waals surface area contributed by atoms with Crippen LogP contribution in [0.4, 0.5) is 0 Å². The molecule has 0 saturated carbocycles. The first-order valence-electron chi connectivity index (χ1n) is 13.8. The number of aryl methyl sites for hydroxylation is 2. The lowest BCUT2D eigenvalue weighted by molar-refractivity contribution is -0.148. The Morgan fingerprint density at radius 2 is 1.74 bits per heavy atom. The third kappa shape index (κ3) is 4.33. The number of H-pyrrole nitrogens is 1. The van der Waals surface area contributed by atoms with E-state index >= 15 is 0 Å². The average molecular weight is 520 g/mol. The number of nitrogens with one attached hydrogen (secondary N) is 1. The molecule has 8 nitrogen and oxygen atoms in total. The van der Waals surface area contributed by atoms with E-state index in [2.05, 4.69) is 49.3 Å². The van der Waals surface area contributed by atoms with Crippen molar-refractivity contribution in [3.63, 3.8) is 0 Å². The van der Waals surface area contributed by atoms with Crippen molar-refractivity contribution in [2.75, 3.05) is 20.3 Å². The molecule has 4 aromatic rings. The maximum Gasteiger partial charge on any atom is 0.181 e. The predicted molar refractivity (Wildman–Crippen MR) is 155 cm³/mol. The van der Waals surface area contributed by atoms with Crippen LogP contribution >= 0.6 is 0 Å². The summed E-state index contributed by atoms with van der Waals surface area (Å²) in [6.07, 6.45) is 9.27. The molecule has 198 valence electrons. The van der Waals surface area contributed by atoms with Crippen molar-refractivity contribution < 1.29 is 4.74 Å². The highest BCUT2D eigenvalue weighted by Gasteiger charge is 2.45. The Hall–Kier alpha value is -3.88. The molecular formula is C31H33N7O. The molecule has 2 aliphatic heterocycles. The smallest absolute Gasteiger partial charge is 0.181 e. The number of ether oxygens (including phenoxy) is 1. The van der Waals surface area contributed by atoms with E-state index in [-0.39, 0.29) is 0 Å². The van der Waals surface area contributed by atoms with E-state index in [4.69, 9.17) is 15.5 Å². The average Bonchev–Trinajstić information content (AvgIpc) is 3.30. The van der Waals surface area contributed by atoms with Gasteiger partial charge in [0.1, 0.15) is 0 Å². The summed E-state index contributed by atoms with van der Waals surface area (Å²) in [6.45, 7) is 1.83. The zero-order valence-corrected chi connectivity index (χ0v) is 22.2. The van der Waals surface area contributed by atoms with Gasteiger partial charge in [0, 0.05) is 53.4 Å². The van der Waals surface area contributed by atoms with E-state index in [1.54, 1.807) is 7.05 Å². The van der Waals surface area contributed by atoms with Crippen LogP contribution in [0.25, 0.3) is 33.4 Å². The van der Waals surface area contributed by atoms with E-state index in [9.17, 15) is 0 Å². The van der Waals surface area contributed by atoms with Crippen molar-refractivity contribution in [1.29, 1.82) is 0 Å². The topological polar surface area (TPSA) is 105 Å². The fourth-order valence-corrected chi connectivity index (χ4v) is 6.73. The lowest BCUT2D eigenvalue weighted by Gasteiger charge is -2.56. The second-order valence-corrected chi connectivity index (χ2v) is 10.8. The lowest BCUT2D eigenvalue weighted by Crippen LogP contribution is -2.66. The maximum atomic E-state index is 5.73. The summed E-state index contributed by atoms with van der Waals surface area (Å²) in [5.74, 6) is 0.596. The molecule has 2 aromatic heterocycles. The van der Waals surface area contributed by atoms with Crippen LogP contribution in [0.3, 0.4) is 0 Å². The van der Waals surface area contributed by atoms with Crippen molar-refractivity contribution in [3.8, 4) is 22.4 Å². The van der Waals surface area contributed by atoms with Gasteiger partial charge < -0.3 is 10.5 Å². The first-order valence-corrected chi connectivity index (χ1v) is 13.8. The standard InChI is InChI=1S/C31H33N7O/c1-33-30(35-18-32)21-5-3-20(4-6-21)29-28-13-24(15-34-31(28)37-36-29)23-7-2-19-8-10-25(11-9-22(19)12-23)38-26-14-27(38)17-39-16-26/h2-7,12-13,15,18,25-27H,8-11,14,16-17H2,1H3,(H2,32,33,35)(H,34,36,37). The van der Waals surface area contributed by atoms with Crippen molar-refractivity contribution in [1.82, 2.24) is 20.1 Å². The van der Waals surface area contributed by atoms with Crippen LogP contribution in [0.15, 0.2) is 64.7 Å². The Morgan fingerprint density at radius 1 is 0.974 bits per heavy atom. The molecule has 2 saturated heterocycles. The quantitative estimate of drug-likeness (QED) is 0.237. The summed E-state index contributed by atoms with van der Waals surface area (Å²) in [5.41, 5.74) is 14.4. The number of pyridine rings is 1. The number of morpholine rings is 1. The minimum Gasteiger partial charge on any atom is -0.390 e. The highest BCUT2D eigenvalue weighted by Crippen LogP contribution is 2.38. The van der Waals surface area contributed by atoms with Gasteiger partial charge in [0.05, 0.1) is 25.2 Å². The molecule has 3 atom stereocenters.